The molecule has 1 aliphatic heterocycles. The van der Waals surface area contributed by atoms with Crippen LogP contribution in [0.3, 0.4) is 0 Å². The van der Waals surface area contributed by atoms with E-state index in [9.17, 15) is 10.2 Å². The third-order valence-electron chi connectivity index (χ3n) is 6.45. The Hall–Kier alpha value is -1.85. The standard InChI is InChI=1S/C19H23N3O2/c1-11-15-16-13(10-14(23)17(16)24)19(8-5-9-19)20-18(15)22(21-11)12-6-3-2-4-7-12/h2-4,6-7,13-14,16-17,20,23-24H,5,8-10H2,1H3/t13-,14-,16+,17-/m0/s1. The van der Waals surface area contributed by atoms with E-state index in [-0.39, 0.29) is 17.4 Å². The Morgan fingerprint density at radius 2 is 1.96 bits per heavy atom. The van der Waals surface area contributed by atoms with Gasteiger partial charge in [-0.1, -0.05) is 18.2 Å². The van der Waals surface area contributed by atoms with Crippen LogP contribution >= 0.6 is 0 Å². The average Bonchev–Trinajstić information content (AvgIpc) is 3.04. The molecule has 1 aromatic heterocycles. The number of nitrogens with one attached hydrogen (secondary N) is 1. The number of benzene rings is 1. The van der Waals surface area contributed by atoms with Gasteiger partial charge in [-0.2, -0.15) is 5.10 Å². The van der Waals surface area contributed by atoms with Crippen LogP contribution < -0.4 is 5.32 Å². The summed E-state index contributed by atoms with van der Waals surface area (Å²) in [5.74, 6) is 1.28. The number of rotatable bonds is 1. The molecule has 3 aliphatic rings. The summed E-state index contributed by atoms with van der Waals surface area (Å²) in [6, 6.07) is 10.1. The number of fused-ring (bicyclic) bond motifs is 4. The first-order valence-corrected chi connectivity index (χ1v) is 8.90. The van der Waals surface area contributed by atoms with Crippen molar-refractivity contribution in [1.82, 2.24) is 9.78 Å². The summed E-state index contributed by atoms with van der Waals surface area (Å²) in [5.41, 5.74) is 3.06. The average molecular weight is 325 g/mol. The normalized spacial score (nSPS) is 32.8. The minimum absolute atomic E-state index is 0.00906. The number of aliphatic hydroxyl groups is 2. The number of aliphatic hydroxyl groups excluding tert-OH is 2. The van der Waals surface area contributed by atoms with Crippen molar-refractivity contribution in [2.45, 2.75) is 56.3 Å². The second-order valence-corrected chi connectivity index (χ2v) is 7.66. The number of hydrogen-bond donors (Lipinski definition) is 3. The summed E-state index contributed by atoms with van der Waals surface area (Å²) >= 11 is 0. The van der Waals surface area contributed by atoms with Gasteiger partial charge in [-0.15, -0.1) is 0 Å². The molecule has 1 aromatic carbocycles. The number of para-hydroxylation sites is 1. The number of hydrogen-bond acceptors (Lipinski definition) is 4. The Balaban J connectivity index is 1.70. The van der Waals surface area contributed by atoms with Crippen LogP contribution in [0.2, 0.25) is 0 Å². The zero-order valence-electron chi connectivity index (χ0n) is 13.8. The minimum Gasteiger partial charge on any atom is -0.390 e. The van der Waals surface area contributed by atoms with Gasteiger partial charge in [0.1, 0.15) is 5.82 Å². The van der Waals surface area contributed by atoms with Crippen molar-refractivity contribution >= 4 is 5.82 Å². The van der Waals surface area contributed by atoms with Crippen molar-refractivity contribution < 1.29 is 10.2 Å². The van der Waals surface area contributed by atoms with Gasteiger partial charge in [-0.25, -0.2) is 4.68 Å². The lowest BCUT2D eigenvalue weighted by atomic mass is 9.61. The van der Waals surface area contributed by atoms with Crippen molar-refractivity contribution in [2.75, 3.05) is 5.32 Å². The first kappa shape index (κ1) is 14.5. The molecule has 0 radical (unpaired) electrons. The molecule has 0 unspecified atom stereocenters. The van der Waals surface area contributed by atoms with E-state index in [1.165, 1.54) is 6.42 Å². The van der Waals surface area contributed by atoms with E-state index in [2.05, 4.69) is 5.32 Å². The largest absolute Gasteiger partial charge is 0.390 e. The Morgan fingerprint density at radius 1 is 1.21 bits per heavy atom. The van der Waals surface area contributed by atoms with Crippen LogP contribution in [0.5, 0.6) is 0 Å². The summed E-state index contributed by atoms with van der Waals surface area (Å²) < 4.78 is 1.97. The molecular weight excluding hydrogens is 302 g/mol. The lowest BCUT2D eigenvalue weighted by Crippen LogP contribution is -2.55. The van der Waals surface area contributed by atoms with E-state index >= 15 is 0 Å². The van der Waals surface area contributed by atoms with Crippen molar-refractivity contribution in [3.05, 3.63) is 41.6 Å². The van der Waals surface area contributed by atoms with Gasteiger partial charge in [-0.05, 0) is 50.7 Å². The summed E-state index contributed by atoms with van der Waals surface area (Å²) in [5, 5.41) is 29.6. The van der Waals surface area contributed by atoms with E-state index in [4.69, 9.17) is 5.10 Å². The fourth-order valence-electron chi connectivity index (χ4n) is 5.16. The van der Waals surface area contributed by atoms with Crippen molar-refractivity contribution in [1.29, 1.82) is 0 Å². The maximum Gasteiger partial charge on any atom is 0.134 e. The van der Waals surface area contributed by atoms with Crippen LogP contribution in [-0.2, 0) is 0 Å². The highest BCUT2D eigenvalue weighted by Gasteiger charge is 2.59. The molecule has 5 rings (SSSR count). The first-order chi connectivity index (χ1) is 11.6. The quantitative estimate of drug-likeness (QED) is 0.753. The van der Waals surface area contributed by atoms with Gasteiger partial charge < -0.3 is 15.5 Å². The number of anilines is 1. The summed E-state index contributed by atoms with van der Waals surface area (Å²) in [7, 11) is 0. The zero-order valence-corrected chi connectivity index (χ0v) is 13.8. The lowest BCUT2D eigenvalue weighted by Gasteiger charge is -2.53. The summed E-state index contributed by atoms with van der Waals surface area (Å²) in [4.78, 5) is 0. The molecule has 126 valence electrons. The Kier molecular flexibility index (Phi) is 2.92. The van der Waals surface area contributed by atoms with Crippen LogP contribution in [-0.4, -0.2) is 37.7 Å². The van der Waals surface area contributed by atoms with E-state index < -0.39 is 12.2 Å². The predicted octanol–water partition coefficient (Wildman–Crippen LogP) is 2.35. The van der Waals surface area contributed by atoms with Gasteiger partial charge in [0, 0.05) is 17.0 Å². The van der Waals surface area contributed by atoms with Crippen molar-refractivity contribution in [3.8, 4) is 5.69 Å². The highest BCUT2D eigenvalue weighted by molar-refractivity contribution is 5.61. The van der Waals surface area contributed by atoms with E-state index in [0.717, 1.165) is 35.6 Å². The van der Waals surface area contributed by atoms with Gasteiger partial charge in [0.15, 0.2) is 0 Å². The molecule has 0 saturated heterocycles. The Morgan fingerprint density at radius 3 is 2.62 bits per heavy atom. The molecule has 2 fully saturated rings. The smallest absolute Gasteiger partial charge is 0.134 e. The third-order valence-corrected chi connectivity index (χ3v) is 6.45. The van der Waals surface area contributed by atoms with Crippen LogP contribution in [0, 0.1) is 12.8 Å². The molecule has 24 heavy (non-hydrogen) atoms. The molecule has 1 spiro atoms. The van der Waals surface area contributed by atoms with Gasteiger partial charge in [0.2, 0.25) is 0 Å². The number of nitrogens with zero attached hydrogens (tertiary/aromatic N) is 2. The monoisotopic (exact) mass is 325 g/mol. The molecule has 2 aliphatic carbocycles. The van der Waals surface area contributed by atoms with E-state index in [0.29, 0.717) is 6.42 Å². The Labute approximate surface area is 141 Å². The maximum atomic E-state index is 10.7. The van der Waals surface area contributed by atoms with Gasteiger partial charge in [0.05, 0.1) is 23.6 Å². The van der Waals surface area contributed by atoms with E-state index in [1.54, 1.807) is 0 Å². The van der Waals surface area contributed by atoms with Gasteiger partial charge in [0.25, 0.3) is 0 Å². The van der Waals surface area contributed by atoms with Crippen LogP contribution in [0.1, 0.15) is 42.9 Å². The van der Waals surface area contributed by atoms with Crippen LogP contribution in [0.15, 0.2) is 30.3 Å². The molecule has 0 bridgehead atoms. The Bertz CT molecular complexity index is 781. The second-order valence-electron chi connectivity index (χ2n) is 7.66. The molecule has 5 nitrogen and oxygen atoms in total. The molecular formula is C19H23N3O2. The van der Waals surface area contributed by atoms with E-state index in [1.807, 2.05) is 41.9 Å². The fourth-order valence-corrected chi connectivity index (χ4v) is 5.16. The molecule has 2 heterocycles. The van der Waals surface area contributed by atoms with Crippen LogP contribution in [0.4, 0.5) is 5.82 Å². The molecule has 3 N–H and O–H groups in total. The number of aromatic nitrogens is 2. The van der Waals surface area contributed by atoms with Gasteiger partial charge in [-0.3, -0.25) is 0 Å². The highest BCUT2D eigenvalue weighted by Crippen LogP contribution is 2.58. The first-order valence-electron chi connectivity index (χ1n) is 8.90. The van der Waals surface area contributed by atoms with Gasteiger partial charge >= 0.3 is 0 Å². The summed E-state index contributed by atoms with van der Waals surface area (Å²) in [6.45, 7) is 2.01. The summed E-state index contributed by atoms with van der Waals surface area (Å²) in [6.07, 6.45) is 2.76. The highest BCUT2D eigenvalue weighted by atomic mass is 16.3. The van der Waals surface area contributed by atoms with Crippen molar-refractivity contribution in [2.24, 2.45) is 5.92 Å². The SMILES string of the molecule is Cc1nn(-c2ccccc2)c2c1[C@@H]1[C@@H](O)[C@@H](O)C[C@@H]1C1(CCC1)N2. The molecule has 2 saturated carbocycles. The van der Waals surface area contributed by atoms with Crippen LogP contribution in [0.25, 0.3) is 5.69 Å². The zero-order chi connectivity index (χ0) is 16.5. The maximum absolute atomic E-state index is 10.7. The molecule has 4 atom stereocenters. The predicted molar refractivity (Wildman–Crippen MR) is 91.4 cm³/mol. The third kappa shape index (κ3) is 1.74. The topological polar surface area (TPSA) is 70.3 Å². The molecule has 0 amide bonds. The second kappa shape index (κ2) is 4.83. The molecule has 2 aromatic rings. The lowest BCUT2D eigenvalue weighted by molar-refractivity contribution is 0.0339. The molecule has 5 heteroatoms. The fraction of sp³-hybridized carbons (Fsp3) is 0.526. The number of aryl methyl sites for hydroxylation is 1. The minimum atomic E-state index is -0.694. The van der Waals surface area contributed by atoms with Crippen molar-refractivity contribution in [3.63, 3.8) is 0 Å².